The molecule has 258 valence electrons. The minimum atomic E-state index is -4.63. The summed E-state index contributed by atoms with van der Waals surface area (Å²) in [6.07, 6.45) is 1.68. The van der Waals surface area contributed by atoms with Crippen LogP contribution in [0.3, 0.4) is 0 Å². The Morgan fingerprint density at radius 1 is 0.796 bits per heavy atom. The van der Waals surface area contributed by atoms with Crippen molar-refractivity contribution in [1.29, 1.82) is 0 Å². The molecule has 0 aliphatic carbocycles. The van der Waals surface area contributed by atoms with Gasteiger partial charge in [0.15, 0.2) is 0 Å². The number of aromatic nitrogens is 1. The third-order valence-corrected chi connectivity index (χ3v) is 12.2. The molecule has 1 amide bonds. The normalized spacial score (nSPS) is 18.4. The zero-order chi connectivity index (χ0) is 35.1. The van der Waals surface area contributed by atoms with Crippen molar-refractivity contribution in [2.24, 2.45) is 0 Å². The van der Waals surface area contributed by atoms with Crippen molar-refractivity contribution in [3.05, 3.63) is 128 Å². The van der Waals surface area contributed by atoms with Gasteiger partial charge in [-0.25, -0.2) is 25.5 Å². The molecule has 49 heavy (non-hydrogen) atoms. The van der Waals surface area contributed by atoms with Crippen molar-refractivity contribution in [1.82, 2.24) is 14.4 Å². The Morgan fingerprint density at radius 2 is 1.37 bits per heavy atom. The highest BCUT2D eigenvalue weighted by Crippen LogP contribution is 2.49. The molecule has 10 nitrogen and oxygen atoms in total. The number of sulfone groups is 1. The number of amides is 1. The van der Waals surface area contributed by atoms with Gasteiger partial charge in [-0.15, -0.1) is 0 Å². The first kappa shape index (κ1) is 35.1. The fraction of sp³-hybridized carbons (Fsp3) is 0.294. The van der Waals surface area contributed by atoms with E-state index in [9.17, 15) is 26.4 Å². The summed E-state index contributed by atoms with van der Waals surface area (Å²) in [6.45, 7) is 2.21. The predicted molar refractivity (Wildman–Crippen MR) is 187 cm³/mol. The molecule has 6 rings (SSSR count). The van der Waals surface area contributed by atoms with Gasteiger partial charge in [-0.2, -0.15) is 0 Å². The second-order valence-corrected chi connectivity index (χ2v) is 17.0. The molecular weight excluding hydrogens is 714 g/mol. The van der Waals surface area contributed by atoms with Crippen LogP contribution in [0.4, 0.5) is 10.2 Å². The number of fused-ring (bicyclic) bond motifs is 1. The predicted octanol–water partition coefficient (Wildman–Crippen LogP) is 5.03. The summed E-state index contributed by atoms with van der Waals surface area (Å²) in [7, 11) is -7.71. The Labute approximate surface area is 294 Å². The van der Waals surface area contributed by atoms with Gasteiger partial charge in [-0.3, -0.25) is 19.1 Å². The summed E-state index contributed by atoms with van der Waals surface area (Å²) in [5.41, 5.74) is 0.162. The minimum Gasteiger partial charge on any atom is -0.336 e. The molecule has 3 aromatic carbocycles. The van der Waals surface area contributed by atoms with Crippen molar-refractivity contribution < 1.29 is 26.0 Å². The van der Waals surface area contributed by atoms with E-state index >= 15 is 4.39 Å². The Hall–Kier alpha value is -3.75. The molecule has 1 fully saturated rings. The van der Waals surface area contributed by atoms with Gasteiger partial charge in [0.05, 0.1) is 17.8 Å². The van der Waals surface area contributed by atoms with Gasteiger partial charge in [-0.05, 0) is 72.6 Å². The van der Waals surface area contributed by atoms with Gasteiger partial charge in [0.25, 0.3) is 21.5 Å². The standard InChI is InChI=1S/C34H33Cl2FN4O6S2/c1-48(44,45)22-4-17-38-18-20-39(21-19-38)33(42)27-15-16-30-40(34(27)43)31(23-7-11-25(35)12-8-23)32(24-9-13-26(36)14-10-24)41(30)49(46,47)29-6-3-2-5-28(29)37/h2-3,5-16,31-32H,4,17-22H2,1H3. The number of anilines is 1. The molecule has 0 bridgehead atoms. The topological polar surface area (TPSA) is 117 Å². The lowest BCUT2D eigenvalue weighted by molar-refractivity contribution is 0.0635. The zero-order valence-corrected chi connectivity index (χ0v) is 29.5. The molecule has 4 aromatic rings. The quantitative estimate of drug-likeness (QED) is 0.236. The highest BCUT2D eigenvalue weighted by molar-refractivity contribution is 7.93. The Bertz CT molecular complexity index is 2160. The molecule has 0 N–H and O–H groups in total. The van der Waals surface area contributed by atoms with Crippen LogP contribution in [0.5, 0.6) is 0 Å². The van der Waals surface area contributed by atoms with Gasteiger partial charge in [0.1, 0.15) is 31.9 Å². The molecular formula is C34H33Cl2FN4O6S2. The largest absolute Gasteiger partial charge is 0.336 e. The lowest BCUT2D eigenvalue weighted by Crippen LogP contribution is -2.50. The lowest BCUT2D eigenvalue weighted by Gasteiger charge is -2.34. The van der Waals surface area contributed by atoms with Crippen LogP contribution in [0, 0.1) is 5.82 Å². The van der Waals surface area contributed by atoms with Gasteiger partial charge in [-0.1, -0.05) is 59.6 Å². The maximum Gasteiger partial charge on any atom is 0.269 e. The maximum atomic E-state index is 15.2. The van der Waals surface area contributed by atoms with Gasteiger partial charge >= 0.3 is 0 Å². The van der Waals surface area contributed by atoms with E-state index in [1.165, 1.54) is 41.2 Å². The summed E-state index contributed by atoms with van der Waals surface area (Å²) in [5, 5.41) is 0.832. The lowest BCUT2D eigenvalue weighted by atomic mass is 9.94. The number of hydrogen-bond donors (Lipinski definition) is 0. The number of rotatable bonds is 9. The Balaban J connectivity index is 1.44. The fourth-order valence-corrected chi connectivity index (χ4v) is 9.08. The molecule has 2 aliphatic heterocycles. The average molecular weight is 748 g/mol. The van der Waals surface area contributed by atoms with Crippen LogP contribution in [0.1, 0.15) is 40.0 Å². The maximum absolute atomic E-state index is 15.2. The van der Waals surface area contributed by atoms with Gasteiger partial charge < -0.3 is 4.90 Å². The third-order valence-electron chi connectivity index (χ3n) is 8.83. The van der Waals surface area contributed by atoms with E-state index in [0.29, 0.717) is 60.3 Å². The fourth-order valence-electron chi connectivity index (χ4n) is 6.46. The summed E-state index contributed by atoms with van der Waals surface area (Å²) in [6, 6.07) is 18.8. The van der Waals surface area contributed by atoms with Crippen molar-refractivity contribution in [2.45, 2.75) is 23.4 Å². The summed E-state index contributed by atoms with van der Waals surface area (Å²) < 4.78 is 69.4. The van der Waals surface area contributed by atoms with E-state index in [1.54, 1.807) is 53.4 Å². The van der Waals surface area contributed by atoms with E-state index in [1.807, 2.05) is 0 Å². The molecule has 15 heteroatoms. The van der Waals surface area contributed by atoms with Crippen LogP contribution in [0.15, 0.2) is 94.6 Å². The van der Waals surface area contributed by atoms with Crippen LogP contribution in [-0.2, 0) is 19.9 Å². The third kappa shape index (κ3) is 7.13. The van der Waals surface area contributed by atoms with Crippen molar-refractivity contribution in [2.75, 3.05) is 49.0 Å². The van der Waals surface area contributed by atoms with E-state index in [0.717, 1.165) is 10.4 Å². The highest BCUT2D eigenvalue weighted by Gasteiger charge is 2.48. The van der Waals surface area contributed by atoms with E-state index in [2.05, 4.69) is 4.90 Å². The number of hydrogen-bond acceptors (Lipinski definition) is 7. The molecule has 2 aliphatic rings. The summed E-state index contributed by atoms with van der Waals surface area (Å²) in [5.74, 6) is -1.43. The monoisotopic (exact) mass is 746 g/mol. The number of halogens is 3. The van der Waals surface area contributed by atoms with E-state index in [-0.39, 0.29) is 17.1 Å². The Kier molecular flexibility index (Phi) is 9.93. The van der Waals surface area contributed by atoms with Crippen molar-refractivity contribution in [3.63, 3.8) is 0 Å². The second-order valence-electron chi connectivity index (χ2n) is 12.1. The number of carbonyl (C=O) groups excluding carboxylic acids is 1. The van der Waals surface area contributed by atoms with E-state index in [4.69, 9.17) is 23.2 Å². The van der Waals surface area contributed by atoms with Gasteiger partial charge in [0.2, 0.25) is 0 Å². The average Bonchev–Trinajstić information content (AvgIpc) is 3.42. The summed E-state index contributed by atoms with van der Waals surface area (Å²) >= 11 is 12.4. The van der Waals surface area contributed by atoms with Crippen LogP contribution in [-0.4, -0.2) is 81.8 Å². The molecule has 0 spiro atoms. The number of pyridine rings is 1. The number of nitrogens with zero attached hydrogens (tertiary/aromatic N) is 4. The van der Waals surface area contributed by atoms with Gasteiger partial charge in [0, 0.05) is 42.5 Å². The van der Waals surface area contributed by atoms with Crippen molar-refractivity contribution in [3.8, 4) is 0 Å². The number of piperazine rings is 1. The Morgan fingerprint density at radius 3 is 1.94 bits per heavy atom. The van der Waals surface area contributed by atoms with Crippen LogP contribution in [0.25, 0.3) is 0 Å². The van der Waals surface area contributed by atoms with Crippen LogP contribution >= 0.6 is 23.2 Å². The van der Waals surface area contributed by atoms with Crippen molar-refractivity contribution >= 4 is 54.8 Å². The second kappa shape index (κ2) is 13.9. The number of benzene rings is 3. The summed E-state index contributed by atoms with van der Waals surface area (Å²) in [4.78, 5) is 31.5. The SMILES string of the molecule is CS(=O)(=O)CCCN1CCN(C(=O)c2ccc3n(c2=O)C(c2ccc(Cl)cc2)C(c2ccc(Cl)cc2)N3S(=O)(=O)c2ccccc2F)CC1. The molecule has 2 unspecified atom stereocenters. The molecule has 2 atom stereocenters. The first-order valence-corrected chi connectivity index (χ1v) is 19.8. The molecule has 1 saturated heterocycles. The minimum absolute atomic E-state index is 0.0413. The first-order chi connectivity index (χ1) is 23.3. The van der Waals surface area contributed by atoms with Crippen LogP contribution in [0.2, 0.25) is 10.0 Å². The van der Waals surface area contributed by atoms with E-state index < -0.39 is 54.1 Å². The smallest absolute Gasteiger partial charge is 0.269 e. The number of carbonyl (C=O) groups is 1. The molecule has 1 aromatic heterocycles. The zero-order valence-electron chi connectivity index (χ0n) is 26.4. The van der Waals surface area contributed by atoms with Crippen LogP contribution < -0.4 is 9.86 Å². The number of sulfonamides is 1. The first-order valence-electron chi connectivity index (χ1n) is 15.5. The molecule has 0 saturated carbocycles. The molecule has 3 heterocycles. The molecule has 0 radical (unpaired) electrons. The highest BCUT2D eigenvalue weighted by atomic mass is 35.5.